The summed E-state index contributed by atoms with van der Waals surface area (Å²) in [4.78, 5) is 13.0. The van der Waals surface area contributed by atoms with E-state index < -0.39 is 0 Å². The first-order valence-electron chi connectivity index (χ1n) is 8.92. The van der Waals surface area contributed by atoms with Crippen LogP contribution in [0.2, 0.25) is 0 Å². The molecule has 2 N–H and O–H groups in total. The van der Waals surface area contributed by atoms with E-state index in [1.54, 1.807) is 21.3 Å². The molecule has 1 saturated heterocycles. The summed E-state index contributed by atoms with van der Waals surface area (Å²) < 4.78 is 16.1. The Hall–Kier alpha value is -1.95. The number of rotatable bonds is 6. The zero-order valence-electron chi connectivity index (χ0n) is 15.3. The van der Waals surface area contributed by atoms with Gasteiger partial charge < -0.3 is 24.8 Å². The molecule has 1 heterocycles. The first kappa shape index (κ1) is 17.9. The van der Waals surface area contributed by atoms with Crippen molar-refractivity contribution >= 4 is 5.91 Å². The fourth-order valence-corrected chi connectivity index (χ4v) is 4.29. The highest BCUT2D eigenvalue weighted by Crippen LogP contribution is 2.44. The Morgan fingerprint density at radius 1 is 1.20 bits per heavy atom. The lowest BCUT2D eigenvalue weighted by molar-refractivity contribution is -0.134. The van der Waals surface area contributed by atoms with Crippen LogP contribution in [0.4, 0.5) is 0 Å². The molecule has 1 amide bonds. The monoisotopic (exact) mass is 348 g/mol. The van der Waals surface area contributed by atoms with Crippen molar-refractivity contribution < 1.29 is 19.0 Å². The second kappa shape index (κ2) is 7.52. The van der Waals surface area contributed by atoms with Gasteiger partial charge in [-0.25, -0.2) is 0 Å². The summed E-state index contributed by atoms with van der Waals surface area (Å²) in [6, 6.07) is 3.76. The highest BCUT2D eigenvalue weighted by atomic mass is 16.5. The van der Waals surface area contributed by atoms with Gasteiger partial charge in [-0.05, 0) is 43.0 Å². The Labute approximate surface area is 149 Å². The molecular formula is C19H28N2O4. The zero-order valence-corrected chi connectivity index (χ0v) is 15.3. The number of nitrogens with one attached hydrogen (secondary N) is 2. The summed E-state index contributed by atoms with van der Waals surface area (Å²) in [5, 5.41) is 6.56. The van der Waals surface area contributed by atoms with E-state index in [2.05, 4.69) is 10.6 Å². The molecular weight excluding hydrogens is 320 g/mol. The second-order valence-corrected chi connectivity index (χ2v) is 6.95. The van der Waals surface area contributed by atoms with Gasteiger partial charge >= 0.3 is 0 Å². The van der Waals surface area contributed by atoms with E-state index in [1.165, 1.54) is 6.42 Å². The van der Waals surface area contributed by atoms with Gasteiger partial charge in [0.15, 0.2) is 11.5 Å². The number of fused-ring (bicyclic) bond motifs is 1. The molecule has 0 radical (unpaired) electrons. The van der Waals surface area contributed by atoms with Gasteiger partial charge in [0, 0.05) is 13.1 Å². The van der Waals surface area contributed by atoms with Gasteiger partial charge in [0.25, 0.3) is 0 Å². The molecule has 1 aliphatic carbocycles. The maximum Gasteiger partial charge on any atom is 0.228 e. The summed E-state index contributed by atoms with van der Waals surface area (Å²) in [5.74, 6) is 2.38. The Kier molecular flexibility index (Phi) is 5.37. The van der Waals surface area contributed by atoms with Crippen LogP contribution in [0, 0.1) is 11.3 Å². The number of benzene rings is 1. The molecule has 138 valence electrons. The van der Waals surface area contributed by atoms with Crippen LogP contribution in [0.5, 0.6) is 17.2 Å². The smallest absolute Gasteiger partial charge is 0.228 e. The average Bonchev–Trinajstić information content (AvgIpc) is 3.10. The molecule has 25 heavy (non-hydrogen) atoms. The van der Waals surface area contributed by atoms with Gasteiger partial charge in [-0.2, -0.15) is 0 Å². The lowest BCUT2D eigenvalue weighted by Crippen LogP contribution is -2.47. The molecule has 1 aromatic carbocycles. The fraction of sp³-hybridized carbons (Fsp3) is 0.632. The molecule has 0 spiro atoms. The third-order valence-electron chi connectivity index (χ3n) is 5.67. The van der Waals surface area contributed by atoms with Gasteiger partial charge in [-0.1, -0.05) is 12.8 Å². The molecule has 2 atom stereocenters. The number of ether oxygens (including phenoxy) is 3. The largest absolute Gasteiger partial charge is 0.493 e. The Balaban J connectivity index is 1.74. The van der Waals surface area contributed by atoms with E-state index in [0.29, 0.717) is 29.7 Å². The molecule has 6 nitrogen and oxygen atoms in total. The molecule has 2 fully saturated rings. The minimum absolute atomic E-state index is 0.163. The van der Waals surface area contributed by atoms with Gasteiger partial charge in [-0.15, -0.1) is 0 Å². The molecule has 0 aromatic heterocycles. The van der Waals surface area contributed by atoms with Crippen molar-refractivity contribution in [1.82, 2.24) is 10.6 Å². The van der Waals surface area contributed by atoms with E-state index in [9.17, 15) is 4.79 Å². The number of hydrogen-bond acceptors (Lipinski definition) is 5. The van der Waals surface area contributed by atoms with Crippen LogP contribution >= 0.6 is 0 Å². The predicted octanol–water partition coefficient (Wildman–Crippen LogP) is 2.11. The Morgan fingerprint density at radius 2 is 1.92 bits per heavy atom. The lowest BCUT2D eigenvalue weighted by Gasteiger charge is -2.37. The first-order valence-corrected chi connectivity index (χ1v) is 8.92. The zero-order chi connectivity index (χ0) is 17.9. The maximum absolute atomic E-state index is 13.0. The van der Waals surface area contributed by atoms with Crippen LogP contribution in [0.3, 0.4) is 0 Å². The van der Waals surface area contributed by atoms with Gasteiger partial charge in [0.2, 0.25) is 11.7 Å². The normalized spacial score (nSPS) is 25.2. The van der Waals surface area contributed by atoms with Crippen LogP contribution in [-0.2, 0) is 11.3 Å². The van der Waals surface area contributed by atoms with Crippen molar-refractivity contribution in [3.63, 3.8) is 0 Å². The molecule has 6 heteroatoms. The first-order chi connectivity index (χ1) is 12.1. The minimum Gasteiger partial charge on any atom is -0.493 e. The SMILES string of the molecule is COc1cc(CNC(=O)[C@@]23CCCC[C@H]2CNC3)cc(OC)c1OC. The summed E-state index contributed by atoms with van der Waals surface area (Å²) in [7, 11) is 4.77. The van der Waals surface area contributed by atoms with Crippen molar-refractivity contribution in [2.75, 3.05) is 34.4 Å². The van der Waals surface area contributed by atoms with Crippen LogP contribution in [0.25, 0.3) is 0 Å². The fourth-order valence-electron chi connectivity index (χ4n) is 4.29. The summed E-state index contributed by atoms with van der Waals surface area (Å²) in [6.45, 7) is 2.19. The molecule has 1 aliphatic heterocycles. The highest BCUT2D eigenvalue weighted by Gasteiger charge is 2.49. The molecule has 1 aromatic rings. The van der Waals surface area contributed by atoms with Crippen molar-refractivity contribution in [1.29, 1.82) is 0 Å². The van der Waals surface area contributed by atoms with Crippen molar-refractivity contribution in [3.8, 4) is 17.2 Å². The number of carbonyl (C=O) groups excluding carboxylic acids is 1. The van der Waals surface area contributed by atoms with Crippen LogP contribution in [0.15, 0.2) is 12.1 Å². The van der Waals surface area contributed by atoms with Crippen molar-refractivity contribution in [2.24, 2.45) is 11.3 Å². The van der Waals surface area contributed by atoms with E-state index in [4.69, 9.17) is 14.2 Å². The topological polar surface area (TPSA) is 68.8 Å². The minimum atomic E-state index is -0.237. The Morgan fingerprint density at radius 3 is 2.56 bits per heavy atom. The van der Waals surface area contributed by atoms with E-state index in [0.717, 1.165) is 37.9 Å². The summed E-state index contributed by atoms with van der Waals surface area (Å²) >= 11 is 0. The number of hydrogen-bond donors (Lipinski definition) is 2. The number of amides is 1. The van der Waals surface area contributed by atoms with E-state index in [1.807, 2.05) is 12.1 Å². The maximum atomic E-state index is 13.0. The Bertz CT molecular complexity index is 609. The number of methoxy groups -OCH3 is 3. The molecule has 0 bridgehead atoms. The molecule has 0 unspecified atom stereocenters. The van der Waals surface area contributed by atoms with Crippen LogP contribution in [0.1, 0.15) is 31.2 Å². The second-order valence-electron chi connectivity index (χ2n) is 6.95. The van der Waals surface area contributed by atoms with Crippen molar-refractivity contribution in [2.45, 2.75) is 32.2 Å². The number of carbonyl (C=O) groups is 1. The van der Waals surface area contributed by atoms with Gasteiger partial charge in [0.05, 0.1) is 26.7 Å². The molecule has 1 saturated carbocycles. The third kappa shape index (κ3) is 3.27. The van der Waals surface area contributed by atoms with Crippen LogP contribution in [-0.4, -0.2) is 40.3 Å². The summed E-state index contributed by atoms with van der Waals surface area (Å²) in [6.07, 6.45) is 4.49. The van der Waals surface area contributed by atoms with Gasteiger partial charge in [0.1, 0.15) is 0 Å². The quantitative estimate of drug-likeness (QED) is 0.824. The van der Waals surface area contributed by atoms with Gasteiger partial charge in [-0.3, -0.25) is 4.79 Å². The van der Waals surface area contributed by atoms with Crippen LogP contribution < -0.4 is 24.8 Å². The average molecular weight is 348 g/mol. The predicted molar refractivity (Wildman–Crippen MR) is 95.2 cm³/mol. The van der Waals surface area contributed by atoms with Crippen molar-refractivity contribution in [3.05, 3.63) is 17.7 Å². The lowest BCUT2D eigenvalue weighted by atomic mass is 9.67. The molecule has 2 aliphatic rings. The highest BCUT2D eigenvalue weighted by molar-refractivity contribution is 5.84. The van der Waals surface area contributed by atoms with E-state index in [-0.39, 0.29) is 11.3 Å². The molecule has 3 rings (SSSR count). The summed E-state index contributed by atoms with van der Waals surface area (Å²) in [5.41, 5.74) is 0.691. The standard InChI is InChI=1S/C19H28N2O4/c1-23-15-8-13(9-16(24-2)17(15)25-3)10-21-18(22)19-7-5-4-6-14(19)11-20-12-19/h8-9,14,20H,4-7,10-12H2,1-3H3,(H,21,22)/t14-,19+/m0/s1. The van der Waals surface area contributed by atoms with E-state index >= 15 is 0 Å². The third-order valence-corrected chi connectivity index (χ3v) is 5.67.